The monoisotopic (exact) mass is 418 g/mol. The Morgan fingerprint density at radius 3 is 2.62 bits per heavy atom. The molecule has 2 aromatic carbocycles. The van der Waals surface area contributed by atoms with Crippen LogP contribution in [0.25, 0.3) is 11.4 Å². The number of amides is 1. The van der Waals surface area contributed by atoms with Gasteiger partial charge >= 0.3 is 0 Å². The van der Waals surface area contributed by atoms with E-state index < -0.39 is 0 Å². The van der Waals surface area contributed by atoms with Crippen molar-refractivity contribution >= 4 is 40.0 Å². The third-order valence-corrected chi connectivity index (χ3v) is 5.68. The second-order valence-electron chi connectivity index (χ2n) is 6.30. The number of aromatic nitrogens is 2. The summed E-state index contributed by atoms with van der Waals surface area (Å²) < 4.78 is 3.31. The summed E-state index contributed by atoms with van der Waals surface area (Å²) in [5, 5.41) is 5.28. The summed E-state index contributed by atoms with van der Waals surface area (Å²) in [6.45, 7) is 2.06. The van der Waals surface area contributed by atoms with Gasteiger partial charge in [-0.05, 0) is 73.0 Å². The molecule has 0 saturated heterocycles. The van der Waals surface area contributed by atoms with Gasteiger partial charge in [0.25, 0.3) is 5.91 Å². The number of hydrogen-bond donors (Lipinski definition) is 2. The molecule has 0 unspecified atom stereocenters. The second kappa shape index (κ2) is 8.89. The Morgan fingerprint density at radius 1 is 1.00 bits per heavy atom. The predicted molar refractivity (Wildman–Crippen MR) is 120 cm³/mol. The molecule has 0 atom stereocenters. The quantitative estimate of drug-likeness (QED) is 0.383. The Hall–Kier alpha value is -3.16. The first-order valence-electron chi connectivity index (χ1n) is 8.95. The van der Waals surface area contributed by atoms with Crippen molar-refractivity contribution in [3.05, 3.63) is 89.4 Å². The molecule has 0 aliphatic heterocycles. The number of benzene rings is 2. The molecule has 4 aromatic rings. The largest absolute Gasteiger partial charge is 0.326 e. The van der Waals surface area contributed by atoms with Gasteiger partial charge in [0.1, 0.15) is 5.69 Å². The Morgan fingerprint density at radius 2 is 1.86 bits per heavy atom. The predicted octanol–water partition coefficient (Wildman–Crippen LogP) is 5.89. The van der Waals surface area contributed by atoms with E-state index in [1.807, 2.05) is 60.0 Å². The molecule has 5 nitrogen and oxygen atoms in total. The highest BCUT2D eigenvalue weighted by Crippen LogP contribution is 2.25. The lowest BCUT2D eigenvalue weighted by Gasteiger charge is -2.07. The van der Waals surface area contributed by atoms with Gasteiger partial charge in [-0.3, -0.25) is 15.1 Å². The van der Waals surface area contributed by atoms with Gasteiger partial charge < -0.3 is 4.72 Å². The fourth-order valence-electron chi connectivity index (χ4n) is 2.63. The van der Waals surface area contributed by atoms with Crippen LogP contribution in [0.1, 0.15) is 15.9 Å². The van der Waals surface area contributed by atoms with E-state index >= 15 is 0 Å². The average Bonchev–Trinajstić information content (AvgIpc) is 3.22. The molecule has 2 heterocycles. The molecule has 4 rings (SSSR count). The van der Waals surface area contributed by atoms with E-state index in [1.165, 1.54) is 28.8 Å². The van der Waals surface area contributed by atoms with Crippen molar-refractivity contribution in [3.63, 3.8) is 0 Å². The number of hydrogen-bond acceptors (Lipinski definition) is 6. The maximum Gasteiger partial charge on any atom is 0.257 e. The SMILES string of the molecule is Cc1cccc(NSc2ccc(C(=O)Nc3nc(-c4ccccn4)cs3)cc2)c1. The number of nitrogens with one attached hydrogen (secondary N) is 2. The topological polar surface area (TPSA) is 66.9 Å². The number of anilines is 2. The van der Waals surface area contributed by atoms with Crippen LogP contribution >= 0.6 is 23.3 Å². The van der Waals surface area contributed by atoms with Crippen LogP contribution in [0.5, 0.6) is 0 Å². The number of thiazole rings is 1. The molecule has 0 bridgehead atoms. The zero-order valence-corrected chi connectivity index (χ0v) is 17.3. The van der Waals surface area contributed by atoms with Crippen LogP contribution < -0.4 is 10.0 Å². The first kappa shape index (κ1) is 19.2. The van der Waals surface area contributed by atoms with Crippen molar-refractivity contribution in [2.45, 2.75) is 11.8 Å². The van der Waals surface area contributed by atoms with Gasteiger partial charge in [-0.15, -0.1) is 11.3 Å². The molecule has 7 heteroatoms. The standard InChI is InChI=1S/C22H18N4OS2/c1-15-5-4-6-17(13-15)26-29-18-10-8-16(9-11-18)21(27)25-22-24-20(14-28-22)19-7-2-3-12-23-19/h2-14,26H,1H3,(H,24,25,27). The van der Waals surface area contributed by atoms with E-state index in [4.69, 9.17) is 0 Å². The van der Waals surface area contributed by atoms with Gasteiger partial charge in [0, 0.05) is 27.7 Å². The molecule has 1 amide bonds. The smallest absolute Gasteiger partial charge is 0.257 e. The Bertz CT molecular complexity index is 1110. The molecule has 2 N–H and O–H groups in total. The highest BCUT2D eigenvalue weighted by atomic mass is 32.2. The Kier molecular flexibility index (Phi) is 5.88. The number of rotatable bonds is 6. The van der Waals surface area contributed by atoms with E-state index in [-0.39, 0.29) is 5.91 Å². The third kappa shape index (κ3) is 5.01. The molecule has 0 saturated carbocycles. The number of carbonyl (C=O) groups excluding carboxylic acids is 1. The van der Waals surface area contributed by atoms with Crippen LogP contribution in [0, 0.1) is 6.92 Å². The minimum atomic E-state index is -0.185. The molecular formula is C22H18N4OS2. The summed E-state index contributed by atoms with van der Waals surface area (Å²) in [7, 11) is 0. The fourth-order valence-corrected chi connectivity index (χ4v) is 3.97. The van der Waals surface area contributed by atoms with E-state index in [9.17, 15) is 4.79 Å². The van der Waals surface area contributed by atoms with Crippen molar-refractivity contribution in [1.82, 2.24) is 9.97 Å². The molecule has 0 fully saturated rings. The van der Waals surface area contributed by atoms with Crippen LogP contribution in [-0.4, -0.2) is 15.9 Å². The van der Waals surface area contributed by atoms with Gasteiger partial charge in [-0.1, -0.05) is 18.2 Å². The minimum absolute atomic E-state index is 0.185. The molecule has 0 aliphatic rings. The summed E-state index contributed by atoms with van der Waals surface area (Å²) in [6.07, 6.45) is 1.72. The van der Waals surface area contributed by atoms with Crippen molar-refractivity contribution in [2.75, 3.05) is 10.0 Å². The van der Waals surface area contributed by atoms with Crippen LogP contribution in [0.2, 0.25) is 0 Å². The van der Waals surface area contributed by atoms with Crippen molar-refractivity contribution in [2.24, 2.45) is 0 Å². The van der Waals surface area contributed by atoms with Gasteiger partial charge in [0.05, 0.1) is 5.69 Å². The van der Waals surface area contributed by atoms with Crippen LogP contribution in [0.3, 0.4) is 0 Å². The molecule has 2 aromatic heterocycles. The van der Waals surface area contributed by atoms with E-state index in [2.05, 4.69) is 39.1 Å². The Balaban J connectivity index is 1.36. The summed E-state index contributed by atoms with van der Waals surface area (Å²) in [4.78, 5) is 22.2. The molecule has 0 radical (unpaired) electrons. The van der Waals surface area contributed by atoms with Gasteiger partial charge in [-0.2, -0.15) is 0 Å². The van der Waals surface area contributed by atoms with Crippen molar-refractivity contribution < 1.29 is 4.79 Å². The minimum Gasteiger partial charge on any atom is -0.326 e. The fraction of sp³-hybridized carbons (Fsp3) is 0.0455. The lowest BCUT2D eigenvalue weighted by molar-refractivity contribution is 0.102. The van der Waals surface area contributed by atoms with Crippen molar-refractivity contribution in [1.29, 1.82) is 0 Å². The summed E-state index contributed by atoms with van der Waals surface area (Å²) >= 11 is 2.89. The lowest BCUT2D eigenvalue weighted by Crippen LogP contribution is -2.11. The highest BCUT2D eigenvalue weighted by Gasteiger charge is 2.10. The van der Waals surface area contributed by atoms with E-state index in [0.29, 0.717) is 10.7 Å². The lowest BCUT2D eigenvalue weighted by atomic mass is 10.2. The first-order valence-corrected chi connectivity index (χ1v) is 10.6. The number of pyridine rings is 1. The molecule has 144 valence electrons. The van der Waals surface area contributed by atoms with E-state index in [0.717, 1.165) is 22.0 Å². The maximum atomic E-state index is 12.5. The zero-order chi connectivity index (χ0) is 20.1. The van der Waals surface area contributed by atoms with Crippen molar-refractivity contribution in [3.8, 4) is 11.4 Å². The number of carbonyl (C=O) groups is 1. The van der Waals surface area contributed by atoms with E-state index in [1.54, 1.807) is 6.20 Å². The number of aryl methyl sites for hydroxylation is 1. The highest BCUT2D eigenvalue weighted by molar-refractivity contribution is 8.00. The summed E-state index contributed by atoms with van der Waals surface area (Å²) in [5.74, 6) is -0.185. The summed E-state index contributed by atoms with van der Waals surface area (Å²) in [5.41, 5.74) is 4.37. The third-order valence-electron chi connectivity index (χ3n) is 4.07. The van der Waals surface area contributed by atoms with Gasteiger partial charge in [0.2, 0.25) is 0 Å². The van der Waals surface area contributed by atoms with Crippen LogP contribution in [-0.2, 0) is 0 Å². The Labute approximate surface area is 177 Å². The van der Waals surface area contributed by atoms with Crippen LogP contribution in [0.4, 0.5) is 10.8 Å². The normalized spacial score (nSPS) is 10.5. The second-order valence-corrected chi connectivity index (χ2v) is 8.04. The maximum absolute atomic E-state index is 12.5. The van der Waals surface area contributed by atoms with Gasteiger partial charge in [0.15, 0.2) is 5.13 Å². The zero-order valence-electron chi connectivity index (χ0n) is 15.6. The molecule has 0 spiro atoms. The average molecular weight is 419 g/mol. The van der Waals surface area contributed by atoms with Crippen LogP contribution in [0.15, 0.2) is 83.2 Å². The molecular weight excluding hydrogens is 400 g/mol. The number of nitrogens with zero attached hydrogens (tertiary/aromatic N) is 2. The molecule has 29 heavy (non-hydrogen) atoms. The molecule has 0 aliphatic carbocycles. The summed E-state index contributed by atoms with van der Waals surface area (Å²) in [6, 6.07) is 21.3. The first-order chi connectivity index (χ1) is 14.2. The van der Waals surface area contributed by atoms with Gasteiger partial charge in [-0.25, -0.2) is 4.98 Å².